The van der Waals surface area contributed by atoms with Gasteiger partial charge in [0.15, 0.2) is 0 Å². The lowest BCUT2D eigenvalue weighted by atomic mass is 10.2. The zero-order valence-corrected chi connectivity index (χ0v) is 8.96. The zero-order valence-electron chi connectivity index (χ0n) is 7.96. The standard InChI is InChI=1S/C10H16OSi/c1-12(2,3)10-6-4-9(8-11)5-7-10/h4-7,11H,8H2,1-3H3. The average Bonchev–Trinajstić information content (AvgIpc) is 2.03. The lowest BCUT2D eigenvalue weighted by Crippen LogP contribution is -2.37. The van der Waals surface area contributed by atoms with Gasteiger partial charge in [0.05, 0.1) is 14.7 Å². The fraction of sp³-hybridized carbons (Fsp3) is 0.400. The number of aliphatic hydroxyl groups is 1. The first kappa shape index (κ1) is 9.48. The van der Waals surface area contributed by atoms with Gasteiger partial charge in [-0.15, -0.1) is 0 Å². The molecule has 1 nitrogen and oxygen atoms in total. The van der Waals surface area contributed by atoms with Gasteiger partial charge in [-0.05, 0) is 5.56 Å². The molecule has 0 amide bonds. The van der Waals surface area contributed by atoms with Crippen LogP contribution in [0.4, 0.5) is 0 Å². The van der Waals surface area contributed by atoms with Gasteiger partial charge in [0.25, 0.3) is 0 Å². The van der Waals surface area contributed by atoms with Gasteiger partial charge in [-0.2, -0.15) is 0 Å². The molecule has 2 heteroatoms. The first-order valence-electron chi connectivity index (χ1n) is 4.24. The van der Waals surface area contributed by atoms with E-state index in [0.717, 1.165) is 5.56 Å². The molecule has 0 aromatic heterocycles. The maximum absolute atomic E-state index is 8.84. The average molecular weight is 180 g/mol. The van der Waals surface area contributed by atoms with E-state index in [-0.39, 0.29) is 6.61 Å². The Morgan fingerprint density at radius 2 is 1.58 bits per heavy atom. The molecule has 0 fully saturated rings. The van der Waals surface area contributed by atoms with Crippen LogP contribution in [0.2, 0.25) is 19.6 Å². The summed E-state index contributed by atoms with van der Waals surface area (Å²) in [4.78, 5) is 0. The van der Waals surface area contributed by atoms with Crippen molar-refractivity contribution in [2.24, 2.45) is 0 Å². The normalized spacial score (nSPS) is 11.7. The number of rotatable bonds is 2. The molecule has 1 N–H and O–H groups in total. The largest absolute Gasteiger partial charge is 0.392 e. The van der Waals surface area contributed by atoms with Gasteiger partial charge in [-0.25, -0.2) is 0 Å². The summed E-state index contributed by atoms with van der Waals surface area (Å²) >= 11 is 0. The Labute approximate surface area is 75.1 Å². The molecular formula is C10H16OSi. The molecule has 0 aliphatic carbocycles. The Morgan fingerprint density at radius 1 is 1.08 bits per heavy atom. The molecule has 0 bridgehead atoms. The fourth-order valence-corrected chi connectivity index (χ4v) is 2.28. The minimum absolute atomic E-state index is 0.145. The van der Waals surface area contributed by atoms with Crippen molar-refractivity contribution in [1.82, 2.24) is 0 Å². The van der Waals surface area contributed by atoms with Gasteiger partial charge in [-0.1, -0.05) is 49.1 Å². The summed E-state index contributed by atoms with van der Waals surface area (Å²) in [5, 5.41) is 10.3. The van der Waals surface area contributed by atoms with Crippen LogP contribution in [0.15, 0.2) is 24.3 Å². The van der Waals surface area contributed by atoms with Gasteiger partial charge < -0.3 is 5.11 Å². The predicted octanol–water partition coefficient (Wildman–Crippen LogP) is 1.72. The fourth-order valence-electron chi connectivity index (χ4n) is 1.11. The second-order valence-corrected chi connectivity index (χ2v) is 9.18. The van der Waals surface area contributed by atoms with E-state index < -0.39 is 8.07 Å². The third-order valence-corrected chi connectivity index (χ3v) is 4.07. The molecule has 1 rings (SSSR count). The highest BCUT2D eigenvalue weighted by molar-refractivity contribution is 6.88. The van der Waals surface area contributed by atoms with Crippen molar-refractivity contribution < 1.29 is 5.11 Å². The van der Waals surface area contributed by atoms with Crippen molar-refractivity contribution in [1.29, 1.82) is 0 Å². The first-order valence-corrected chi connectivity index (χ1v) is 7.74. The van der Waals surface area contributed by atoms with E-state index in [1.165, 1.54) is 5.19 Å². The maximum atomic E-state index is 8.84. The highest BCUT2D eigenvalue weighted by Gasteiger charge is 2.15. The Balaban J connectivity index is 2.93. The van der Waals surface area contributed by atoms with Crippen molar-refractivity contribution in [3.63, 3.8) is 0 Å². The molecule has 12 heavy (non-hydrogen) atoms. The Kier molecular flexibility index (Phi) is 2.70. The summed E-state index contributed by atoms with van der Waals surface area (Å²) < 4.78 is 0. The SMILES string of the molecule is C[Si](C)(C)c1ccc(CO)cc1. The Morgan fingerprint density at radius 3 is 1.92 bits per heavy atom. The molecule has 0 unspecified atom stereocenters. The smallest absolute Gasteiger partial charge is 0.0775 e. The molecule has 1 aromatic carbocycles. The first-order chi connectivity index (χ1) is 5.54. The molecule has 0 aliphatic rings. The van der Waals surface area contributed by atoms with E-state index in [9.17, 15) is 0 Å². The van der Waals surface area contributed by atoms with Gasteiger partial charge in [-0.3, -0.25) is 0 Å². The van der Waals surface area contributed by atoms with E-state index in [0.29, 0.717) is 0 Å². The summed E-state index contributed by atoms with van der Waals surface area (Å²) in [6.07, 6.45) is 0. The molecule has 1 aromatic rings. The monoisotopic (exact) mass is 180 g/mol. The highest BCUT2D eigenvalue weighted by Crippen LogP contribution is 2.04. The van der Waals surface area contributed by atoms with Crippen LogP contribution in [-0.4, -0.2) is 13.2 Å². The van der Waals surface area contributed by atoms with Crippen LogP contribution in [0.3, 0.4) is 0 Å². The van der Waals surface area contributed by atoms with Crippen molar-refractivity contribution >= 4 is 13.3 Å². The van der Waals surface area contributed by atoms with Crippen LogP contribution in [-0.2, 0) is 6.61 Å². The minimum Gasteiger partial charge on any atom is -0.392 e. The number of benzene rings is 1. The lowest BCUT2D eigenvalue weighted by Gasteiger charge is -2.16. The van der Waals surface area contributed by atoms with Crippen molar-refractivity contribution in [2.45, 2.75) is 26.2 Å². The third kappa shape index (κ3) is 2.19. The summed E-state index contributed by atoms with van der Waals surface area (Å²) in [6.45, 7) is 7.11. The van der Waals surface area contributed by atoms with Crippen LogP contribution < -0.4 is 5.19 Å². The molecule has 0 radical (unpaired) electrons. The third-order valence-electron chi connectivity index (χ3n) is 2.00. The molecule has 66 valence electrons. The van der Waals surface area contributed by atoms with Gasteiger partial charge in [0.2, 0.25) is 0 Å². The number of hydrogen-bond acceptors (Lipinski definition) is 1. The molecule has 0 aliphatic heterocycles. The van der Waals surface area contributed by atoms with Gasteiger partial charge >= 0.3 is 0 Å². The van der Waals surface area contributed by atoms with E-state index >= 15 is 0 Å². The summed E-state index contributed by atoms with van der Waals surface area (Å²) in [5.41, 5.74) is 0.997. The Hall–Kier alpha value is -0.603. The second-order valence-electron chi connectivity index (χ2n) is 4.11. The summed E-state index contributed by atoms with van der Waals surface area (Å²) in [6, 6.07) is 8.29. The molecule has 0 heterocycles. The summed E-state index contributed by atoms with van der Waals surface area (Å²) in [7, 11) is -1.15. The van der Waals surface area contributed by atoms with Crippen LogP contribution in [0.5, 0.6) is 0 Å². The molecule has 0 saturated heterocycles. The lowest BCUT2D eigenvalue weighted by molar-refractivity contribution is 0.282. The minimum atomic E-state index is -1.15. The number of hydrogen-bond donors (Lipinski definition) is 1. The maximum Gasteiger partial charge on any atom is 0.0775 e. The molecular weight excluding hydrogens is 164 g/mol. The van der Waals surface area contributed by atoms with Gasteiger partial charge in [0.1, 0.15) is 0 Å². The number of aliphatic hydroxyl groups excluding tert-OH is 1. The van der Waals surface area contributed by atoms with Crippen LogP contribution in [0.25, 0.3) is 0 Å². The summed E-state index contributed by atoms with van der Waals surface area (Å²) in [5.74, 6) is 0. The highest BCUT2D eigenvalue weighted by atomic mass is 28.3. The second kappa shape index (κ2) is 3.41. The van der Waals surface area contributed by atoms with Crippen LogP contribution >= 0.6 is 0 Å². The quantitative estimate of drug-likeness (QED) is 0.687. The van der Waals surface area contributed by atoms with Crippen molar-refractivity contribution in [3.8, 4) is 0 Å². The Bertz CT molecular complexity index is 246. The van der Waals surface area contributed by atoms with E-state index in [1.54, 1.807) is 0 Å². The van der Waals surface area contributed by atoms with Gasteiger partial charge in [0, 0.05) is 0 Å². The molecule has 0 atom stereocenters. The topological polar surface area (TPSA) is 20.2 Å². The molecule has 0 saturated carbocycles. The van der Waals surface area contributed by atoms with Crippen LogP contribution in [0.1, 0.15) is 5.56 Å². The van der Waals surface area contributed by atoms with Crippen molar-refractivity contribution in [2.75, 3.05) is 0 Å². The molecule has 0 spiro atoms. The zero-order chi connectivity index (χ0) is 9.19. The van der Waals surface area contributed by atoms with E-state index in [1.807, 2.05) is 12.1 Å². The van der Waals surface area contributed by atoms with E-state index in [2.05, 4.69) is 31.8 Å². The predicted molar refractivity (Wildman–Crippen MR) is 55.3 cm³/mol. The van der Waals surface area contributed by atoms with Crippen molar-refractivity contribution in [3.05, 3.63) is 29.8 Å². The van der Waals surface area contributed by atoms with E-state index in [4.69, 9.17) is 5.11 Å². The van der Waals surface area contributed by atoms with Crippen LogP contribution in [0, 0.1) is 0 Å².